The van der Waals surface area contributed by atoms with Crippen LogP contribution in [0.4, 0.5) is 4.79 Å². The van der Waals surface area contributed by atoms with E-state index in [9.17, 15) is 33.2 Å². The first kappa shape index (κ1) is 36.1. The summed E-state index contributed by atoms with van der Waals surface area (Å²) in [6.07, 6.45) is -2.94. The average Bonchev–Trinajstić information content (AvgIpc) is 3.68. The average molecular weight is 745 g/mol. The standard InChI is InChI=1S/C29H35N2O15P3/c1-17(2)44-48(35,36)46-49(37,38)45-47(33,34)39-16-23-25-26(43-24(42-25)13-19-9-5-4-6-10-19)28(41-23)31-15-21-14-22(40-27(21)30-29(31)32)20-11-7-8-18(3)12-20/h4-12,14-15,17,23-28H,13,16H2,1-3H3,(H,30,32)(H,33,34)(H,35,36)(H,37,38)/t23-,24?,25+,26?,27?,28-/m1/s1. The highest BCUT2D eigenvalue weighted by Gasteiger charge is 2.56. The van der Waals surface area contributed by atoms with Crippen molar-refractivity contribution >= 4 is 35.3 Å². The quantitative estimate of drug-likeness (QED) is 0.208. The van der Waals surface area contributed by atoms with Gasteiger partial charge in [-0.05, 0) is 38.5 Å². The number of hydrogen-bond acceptors (Lipinski definition) is 12. The molecule has 4 aliphatic rings. The third-order valence-corrected chi connectivity index (χ3v) is 12.0. The summed E-state index contributed by atoms with van der Waals surface area (Å²) in [6.45, 7) is 3.88. The third-order valence-electron chi connectivity index (χ3n) is 7.51. The lowest BCUT2D eigenvalue weighted by Crippen LogP contribution is -2.54. The van der Waals surface area contributed by atoms with Gasteiger partial charge in [0, 0.05) is 23.8 Å². The minimum absolute atomic E-state index is 0.326. The Kier molecular flexibility index (Phi) is 10.4. The lowest BCUT2D eigenvalue weighted by atomic mass is 10.1. The Morgan fingerprint density at radius 3 is 2.35 bits per heavy atom. The fraction of sp³-hybridized carbons (Fsp3) is 0.414. The van der Waals surface area contributed by atoms with Crippen molar-refractivity contribution < 1.29 is 69.8 Å². The molecule has 2 amide bonds. The van der Waals surface area contributed by atoms with Crippen LogP contribution < -0.4 is 5.32 Å². The Bertz CT molecular complexity index is 1770. The monoisotopic (exact) mass is 744 g/mol. The van der Waals surface area contributed by atoms with Crippen LogP contribution in [0.25, 0.3) is 5.76 Å². The van der Waals surface area contributed by atoms with E-state index in [1.54, 1.807) is 12.3 Å². The van der Waals surface area contributed by atoms with E-state index in [1.807, 2.05) is 61.5 Å². The number of aryl methyl sites for hydroxylation is 1. The summed E-state index contributed by atoms with van der Waals surface area (Å²) in [5.74, 6) is 0.555. The summed E-state index contributed by atoms with van der Waals surface area (Å²) in [5, 5.41) is 2.78. The molecule has 2 aromatic carbocycles. The van der Waals surface area contributed by atoms with Crippen LogP contribution in [-0.2, 0) is 56.7 Å². The number of ether oxygens (including phenoxy) is 4. The van der Waals surface area contributed by atoms with E-state index in [-0.39, 0.29) is 0 Å². The number of rotatable bonds is 13. The lowest BCUT2D eigenvalue weighted by Gasteiger charge is -2.33. The summed E-state index contributed by atoms with van der Waals surface area (Å²) in [4.78, 5) is 44.4. The molecule has 0 spiro atoms. The van der Waals surface area contributed by atoms with Crippen molar-refractivity contribution in [2.75, 3.05) is 6.61 Å². The second-order valence-corrected chi connectivity index (χ2v) is 16.4. The molecular weight excluding hydrogens is 709 g/mol. The van der Waals surface area contributed by atoms with Crippen molar-refractivity contribution in [2.24, 2.45) is 0 Å². The predicted molar refractivity (Wildman–Crippen MR) is 169 cm³/mol. The fourth-order valence-electron chi connectivity index (χ4n) is 5.63. The number of nitrogens with zero attached hydrogens (tertiary/aromatic N) is 1. The minimum Gasteiger partial charge on any atom is -0.466 e. The first-order valence-corrected chi connectivity index (χ1v) is 19.6. The van der Waals surface area contributed by atoms with Crippen molar-refractivity contribution in [3.63, 3.8) is 0 Å². The van der Waals surface area contributed by atoms with Gasteiger partial charge in [0.2, 0.25) is 6.23 Å². The summed E-state index contributed by atoms with van der Waals surface area (Å²) in [6, 6.07) is 16.4. The number of carbonyl (C=O) groups excluding carboxylic acids is 1. The highest BCUT2D eigenvalue weighted by Crippen LogP contribution is 2.68. The number of hydrogen-bond donors (Lipinski definition) is 4. The zero-order valence-corrected chi connectivity index (χ0v) is 29.0. The van der Waals surface area contributed by atoms with Crippen LogP contribution in [0.2, 0.25) is 0 Å². The van der Waals surface area contributed by atoms with Gasteiger partial charge in [0.05, 0.1) is 12.7 Å². The summed E-state index contributed by atoms with van der Waals surface area (Å²) in [5.41, 5.74) is 3.36. The number of benzene rings is 2. The summed E-state index contributed by atoms with van der Waals surface area (Å²) < 4.78 is 79.1. The highest BCUT2D eigenvalue weighted by atomic mass is 31.3. The molecule has 6 rings (SSSR count). The third kappa shape index (κ3) is 8.78. The topological polar surface area (TPSA) is 218 Å². The molecule has 2 aromatic rings. The molecule has 0 radical (unpaired) electrons. The molecule has 49 heavy (non-hydrogen) atoms. The summed E-state index contributed by atoms with van der Waals surface area (Å²) in [7, 11) is -16.3. The minimum atomic E-state index is -5.67. The Morgan fingerprint density at radius 1 is 0.918 bits per heavy atom. The van der Waals surface area contributed by atoms with Crippen LogP contribution in [0.1, 0.15) is 30.5 Å². The van der Waals surface area contributed by atoms with E-state index < -0.39 is 79.3 Å². The number of nitrogens with one attached hydrogen (secondary N) is 1. The van der Waals surface area contributed by atoms with Gasteiger partial charge in [0.1, 0.15) is 24.1 Å². The Hall–Kier alpha value is -2.72. The highest BCUT2D eigenvalue weighted by molar-refractivity contribution is 7.66. The van der Waals surface area contributed by atoms with E-state index >= 15 is 0 Å². The van der Waals surface area contributed by atoms with Crippen molar-refractivity contribution in [1.29, 1.82) is 0 Å². The molecular formula is C29H35N2O15P3. The Labute approximate surface area is 281 Å². The second-order valence-electron chi connectivity index (χ2n) is 11.8. The maximum Gasteiger partial charge on any atom is 0.490 e. The van der Waals surface area contributed by atoms with Crippen molar-refractivity contribution in [2.45, 2.75) is 70.4 Å². The zero-order valence-electron chi connectivity index (χ0n) is 26.3. The maximum atomic E-state index is 13.4. The number of fused-ring (bicyclic) bond motifs is 2. The first-order chi connectivity index (χ1) is 23.1. The number of phosphoric ester groups is 2. The van der Waals surface area contributed by atoms with Crippen LogP contribution in [0.5, 0.6) is 0 Å². The van der Waals surface area contributed by atoms with Gasteiger partial charge in [0.15, 0.2) is 12.5 Å². The lowest BCUT2D eigenvalue weighted by molar-refractivity contribution is -0.153. The van der Waals surface area contributed by atoms with E-state index in [4.69, 9.17) is 23.5 Å². The van der Waals surface area contributed by atoms with Gasteiger partial charge in [-0.3, -0.25) is 19.3 Å². The molecule has 4 heterocycles. The van der Waals surface area contributed by atoms with Gasteiger partial charge < -0.3 is 33.6 Å². The molecule has 266 valence electrons. The number of carbonyl (C=O) groups is 1. The molecule has 17 nitrogen and oxygen atoms in total. The van der Waals surface area contributed by atoms with Gasteiger partial charge in [-0.2, -0.15) is 8.62 Å². The smallest absolute Gasteiger partial charge is 0.466 e. The molecule has 2 saturated heterocycles. The first-order valence-electron chi connectivity index (χ1n) is 15.1. The van der Waals surface area contributed by atoms with Gasteiger partial charge >= 0.3 is 29.5 Å². The largest absolute Gasteiger partial charge is 0.490 e. The van der Waals surface area contributed by atoms with E-state index in [2.05, 4.69) is 18.5 Å². The molecule has 4 N–H and O–H groups in total. The van der Waals surface area contributed by atoms with Crippen molar-refractivity contribution in [1.82, 2.24) is 10.2 Å². The molecule has 0 aromatic heterocycles. The molecule has 0 bridgehead atoms. The number of amides is 2. The molecule has 0 aliphatic carbocycles. The van der Waals surface area contributed by atoms with Gasteiger partial charge in [-0.15, -0.1) is 0 Å². The van der Waals surface area contributed by atoms with Crippen molar-refractivity contribution in [3.8, 4) is 0 Å². The van der Waals surface area contributed by atoms with E-state index in [0.717, 1.165) is 16.7 Å². The van der Waals surface area contributed by atoms with Crippen LogP contribution in [-0.4, -0.2) is 75.4 Å². The van der Waals surface area contributed by atoms with Crippen LogP contribution in [0, 0.1) is 6.92 Å². The van der Waals surface area contributed by atoms with Gasteiger partial charge in [-0.25, -0.2) is 18.5 Å². The molecule has 6 unspecified atom stereocenters. The van der Waals surface area contributed by atoms with Crippen molar-refractivity contribution in [3.05, 3.63) is 89.1 Å². The van der Waals surface area contributed by atoms with Crippen LogP contribution in [0.3, 0.4) is 0 Å². The number of phosphoric acid groups is 3. The molecule has 20 heteroatoms. The van der Waals surface area contributed by atoms with E-state index in [0.29, 0.717) is 17.8 Å². The van der Waals surface area contributed by atoms with Gasteiger partial charge in [0.25, 0.3) is 0 Å². The predicted octanol–water partition coefficient (Wildman–Crippen LogP) is 4.46. The Morgan fingerprint density at radius 2 is 1.63 bits per heavy atom. The SMILES string of the molecule is Cc1cccc(C2=CC3=CN([C@@H]4O[C@H](COP(=O)(O)OP(=O)(O)OP(=O)(O)OC(C)C)[C@@H]5OC(Cc6ccccc6)OC54)C(=O)NC3O2)c1. The van der Waals surface area contributed by atoms with Crippen LogP contribution in [0.15, 0.2) is 72.4 Å². The maximum absolute atomic E-state index is 13.4. The molecule has 0 saturated carbocycles. The van der Waals surface area contributed by atoms with E-state index in [1.165, 1.54) is 18.7 Å². The Balaban J connectivity index is 1.19. The second kappa shape index (κ2) is 14.1. The molecule has 9 atom stereocenters. The number of urea groups is 1. The zero-order chi connectivity index (χ0) is 35.1. The molecule has 4 aliphatic heterocycles. The van der Waals surface area contributed by atoms with Gasteiger partial charge in [-0.1, -0.05) is 54.1 Å². The summed E-state index contributed by atoms with van der Waals surface area (Å²) >= 11 is 0. The fourth-order valence-corrected chi connectivity index (χ4v) is 9.32. The van der Waals surface area contributed by atoms with Crippen LogP contribution >= 0.6 is 23.5 Å². The normalized spacial score (nSPS) is 29.9. The molecule has 2 fully saturated rings.